The highest BCUT2D eigenvalue weighted by Crippen LogP contribution is 2.28. The van der Waals surface area contributed by atoms with Crippen molar-refractivity contribution >= 4 is 11.4 Å². The van der Waals surface area contributed by atoms with E-state index in [0.717, 1.165) is 23.8 Å². The van der Waals surface area contributed by atoms with E-state index in [1.165, 1.54) is 17.5 Å². The SMILES string of the molecule is Cc1cc(N)c(NCC(C)(C)CC(C)C)cc1C. The lowest BCUT2D eigenvalue weighted by molar-refractivity contribution is 0.306. The van der Waals surface area contributed by atoms with E-state index in [4.69, 9.17) is 5.73 Å². The van der Waals surface area contributed by atoms with Gasteiger partial charge in [-0.1, -0.05) is 27.7 Å². The van der Waals surface area contributed by atoms with Crippen LogP contribution in [-0.2, 0) is 0 Å². The number of rotatable bonds is 5. The molecule has 2 nitrogen and oxygen atoms in total. The Morgan fingerprint density at radius 2 is 1.72 bits per heavy atom. The third-order valence-corrected chi connectivity index (χ3v) is 3.38. The van der Waals surface area contributed by atoms with Gasteiger partial charge in [-0.3, -0.25) is 0 Å². The summed E-state index contributed by atoms with van der Waals surface area (Å²) >= 11 is 0. The zero-order chi connectivity index (χ0) is 13.9. The van der Waals surface area contributed by atoms with Crippen LogP contribution < -0.4 is 11.1 Å². The first-order chi connectivity index (χ1) is 8.21. The molecule has 2 heteroatoms. The van der Waals surface area contributed by atoms with E-state index < -0.39 is 0 Å². The normalized spacial score (nSPS) is 11.9. The molecule has 0 aliphatic heterocycles. The molecule has 18 heavy (non-hydrogen) atoms. The van der Waals surface area contributed by atoms with Crippen molar-refractivity contribution in [1.82, 2.24) is 0 Å². The van der Waals surface area contributed by atoms with E-state index >= 15 is 0 Å². The molecular weight excluding hydrogens is 220 g/mol. The lowest BCUT2D eigenvalue weighted by Gasteiger charge is -2.28. The van der Waals surface area contributed by atoms with E-state index in [-0.39, 0.29) is 0 Å². The molecule has 3 N–H and O–H groups in total. The maximum absolute atomic E-state index is 6.06. The highest BCUT2D eigenvalue weighted by molar-refractivity contribution is 5.68. The fraction of sp³-hybridized carbons (Fsp3) is 0.625. The van der Waals surface area contributed by atoms with Crippen molar-refractivity contribution in [3.05, 3.63) is 23.3 Å². The van der Waals surface area contributed by atoms with Crippen LogP contribution in [0.3, 0.4) is 0 Å². The van der Waals surface area contributed by atoms with Crippen molar-refractivity contribution in [2.24, 2.45) is 11.3 Å². The molecule has 0 fully saturated rings. The first-order valence-electron chi connectivity index (χ1n) is 6.82. The number of nitrogens with two attached hydrogens (primary N) is 1. The van der Waals surface area contributed by atoms with Gasteiger partial charge >= 0.3 is 0 Å². The van der Waals surface area contributed by atoms with E-state index in [1.807, 2.05) is 6.07 Å². The van der Waals surface area contributed by atoms with Gasteiger partial charge in [0.25, 0.3) is 0 Å². The van der Waals surface area contributed by atoms with Crippen LogP contribution >= 0.6 is 0 Å². The topological polar surface area (TPSA) is 38.0 Å². The van der Waals surface area contributed by atoms with Crippen molar-refractivity contribution in [1.29, 1.82) is 0 Å². The van der Waals surface area contributed by atoms with Gasteiger partial charge in [-0.05, 0) is 54.9 Å². The first kappa shape index (κ1) is 14.9. The number of nitrogens with one attached hydrogen (secondary N) is 1. The highest BCUT2D eigenvalue weighted by atomic mass is 14.9. The summed E-state index contributed by atoms with van der Waals surface area (Å²) in [6, 6.07) is 4.20. The van der Waals surface area contributed by atoms with Crippen LogP contribution in [0.2, 0.25) is 0 Å². The summed E-state index contributed by atoms with van der Waals surface area (Å²) in [6.07, 6.45) is 1.21. The maximum atomic E-state index is 6.06. The van der Waals surface area contributed by atoms with Crippen LogP contribution in [0, 0.1) is 25.2 Å². The zero-order valence-electron chi connectivity index (χ0n) is 12.7. The molecule has 0 bridgehead atoms. The number of anilines is 2. The standard InChI is InChI=1S/C16H28N2/c1-11(2)9-16(5,6)10-18-15-8-13(4)12(3)7-14(15)17/h7-8,11,18H,9-10,17H2,1-6H3. The molecule has 0 saturated carbocycles. The van der Waals surface area contributed by atoms with Crippen LogP contribution in [0.5, 0.6) is 0 Å². The summed E-state index contributed by atoms with van der Waals surface area (Å²) < 4.78 is 0. The zero-order valence-corrected chi connectivity index (χ0v) is 12.7. The molecular formula is C16H28N2. The minimum absolute atomic E-state index is 0.291. The maximum Gasteiger partial charge on any atom is 0.0576 e. The summed E-state index contributed by atoms with van der Waals surface area (Å²) in [5.74, 6) is 0.721. The largest absolute Gasteiger partial charge is 0.397 e. The average molecular weight is 248 g/mol. The summed E-state index contributed by atoms with van der Waals surface area (Å²) in [5.41, 5.74) is 10.8. The fourth-order valence-corrected chi connectivity index (χ4v) is 2.50. The summed E-state index contributed by atoms with van der Waals surface area (Å²) in [4.78, 5) is 0. The number of hydrogen-bond donors (Lipinski definition) is 2. The molecule has 102 valence electrons. The van der Waals surface area contributed by atoms with Crippen molar-refractivity contribution in [3.8, 4) is 0 Å². The number of aryl methyl sites for hydroxylation is 2. The molecule has 0 amide bonds. The molecule has 0 unspecified atom stereocenters. The van der Waals surface area contributed by atoms with Crippen molar-refractivity contribution in [2.75, 3.05) is 17.6 Å². The minimum atomic E-state index is 0.291. The smallest absolute Gasteiger partial charge is 0.0576 e. The molecule has 0 atom stereocenters. The van der Waals surface area contributed by atoms with Gasteiger partial charge in [-0.2, -0.15) is 0 Å². The summed E-state index contributed by atoms with van der Waals surface area (Å²) in [6.45, 7) is 14.3. The summed E-state index contributed by atoms with van der Waals surface area (Å²) in [7, 11) is 0. The van der Waals surface area contributed by atoms with E-state index in [0.29, 0.717) is 5.41 Å². The summed E-state index contributed by atoms with van der Waals surface area (Å²) in [5, 5.41) is 3.50. The van der Waals surface area contributed by atoms with Gasteiger partial charge < -0.3 is 11.1 Å². The lowest BCUT2D eigenvalue weighted by atomic mass is 9.84. The highest BCUT2D eigenvalue weighted by Gasteiger charge is 2.19. The van der Waals surface area contributed by atoms with Crippen LogP contribution in [0.25, 0.3) is 0 Å². The monoisotopic (exact) mass is 248 g/mol. The Labute approximate surface area is 112 Å². The molecule has 0 radical (unpaired) electrons. The fourth-order valence-electron chi connectivity index (χ4n) is 2.50. The van der Waals surface area contributed by atoms with Gasteiger partial charge in [-0.25, -0.2) is 0 Å². The predicted molar refractivity (Wildman–Crippen MR) is 82.1 cm³/mol. The quantitative estimate of drug-likeness (QED) is 0.759. The van der Waals surface area contributed by atoms with Crippen molar-refractivity contribution in [3.63, 3.8) is 0 Å². The van der Waals surface area contributed by atoms with Crippen LogP contribution in [0.1, 0.15) is 45.2 Å². The van der Waals surface area contributed by atoms with Gasteiger partial charge in [0.1, 0.15) is 0 Å². The van der Waals surface area contributed by atoms with E-state index in [1.54, 1.807) is 0 Å². The Morgan fingerprint density at radius 1 is 1.17 bits per heavy atom. The van der Waals surface area contributed by atoms with Crippen LogP contribution in [0.15, 0.2) is 12.1 Å². The Morgan fingerprint density at radius 3 is 2.28 bits per heavy atom. The van der Waals surface area contributed by atoms with Gasteiger partial charge in [0.05, 0.1) is 11.4 Å². The average Bonchev–Trinajstić information content (AvgIpc) is 2.19. The van der Waals surface area contributed by atoms with Gasteiger partial charge in [0.15, 0.2) is 0 Å². The van der Waals surface area contributed by atoms with Crippen LogP contribution in [0.4, 0.5) is 11.4 Å². The van der Waals surface area contributed by atoms with Crippen molar-refractivity contribution in [2.45, 2.75) is 48.0 Å². The lowest BCUT2D eigenvalue weighted by Crippen LogP contribution is -2.25. The predicted octanol–water partition coefficient (Wildman–Crippen LogP) is 4.37. The van der Waals surface area contributed by atoms with Gasteiger partial charge in [0, 0.05) is 6.54 Å². The second-order valence-corrected chi connectivity index (χ2v) is 6.64. The molecule has 0 saturated heterocycles. The Balaban J connectivity index is 2.72. The third-order valence-electron chi connectivity index (χ3n) is 3.38. The second kappa shape index (κ2) is 5.64. The molecule has 0 heterocycles. The van der Waals surface area contributed by atoms with Crippen LogP contribution in [-0.4, -0.2) is 6.54 Å². The minimum Gasteiger partial charge on any atom is -0.397 e. The van der Waals surface area contributed by atoms with E-state index in [2.05, 4.69) is 52.9 Å². The Hall–Kier alpha value is -1.18. The van der Waals surface area contributed by atoms with Gasteiger partial charge in [-0.15, -0.1) is 0 Å². The molecule has 0 aromatic heterocycles. The van der Waals surface area contributed by atoms with E-state index in [9.17, 15) is 0 Å². The molecule has 0 aliphatic rings. The molecule has 0 spiro atoms. The molecule has 1 aromatic carbocycles. The Kier molecular flexibility index (Phi) is 4.66. The molecule has 0 aliphatic carbocycles. The van der Waals surface area contributed by atoms with Gasteiger partial charge in [0.2, 0.25) is 0 Å². The number of nitrogen functional groups attached to an aromatic ring is 1. The first-order valence-corrected chi connectivity index (χ1v) is 6.82. The third kappa shape index (κ3) is 4.25. The number of hydrogen-bond acceptors (Lipinski definition) is 2. The Bertz CT molecular complexity index is 406. The number of benzene rings is 1. The molecule has 1 aromatic rings. The van der Waals surface area contributed by atoms with Crippen molar-refractivity contribution < 1.29 is 0 Å². The molecule has 1 rings (SSSR count). The second-order valence-electron chi connectivity index (χ2n) is 6.64.